The maximum absolute atomic E-state index is 12.8. The summed E-state index contributed by atoms with van der Waals surface area (Å²) >= 11 is 0. The van der Waals surface area contributed by atoms with Crippen molar-refractivity contribution in [3.63, 3.8) is 0 Å². The number of carbonyl (C=O) groups excluding carboxylic acids is 2. The molecule has 5 heteroatoms. The third-order valence-corrected chi connectivity index (χ3v) is 11.0. The molecule has 0 radical (unpaired) electrons. The highest BCUT2D eigenvalue weighted by molar-refractivity contribution is 5.70. The maximum atomic E-state index is 12.8. The van der Waals surface area contributed by atoms with Gasteiger partial charge in [0.25, 0.3) is 0 Å². The summed E-state index contributed by atoms with van der Waals surface area (Å²) in [5, 5.41) is 0. The molecule has 0 N–H and O–H groups in total. The Morgan fingerprint density at radius 3 is 1.22 bits per heavy atom. The van der Waals surface area contributed by atoms with Gasteiger partial charge in [0.1, 0.15) is 6.61 Å². The van der Waals surface area contributed by atoms with Crippen molar-refractivity contribution in [3.8, 4) is 0 Å². The van der Waals surface area contributed by atoms with E-state index in [2.05, 4.69) is 81.5 Å². The van der Waals surface area contributed by atoms with Crippen molar-refractivity contribution in [2.75, 3.05) is 19.8 Å². The first kappa shape index (κ1) is 57.6. The first-order valence-electron chi connectivity index (χ1n) is 25.8. The molecule has 348 valence electrons. The number of ether oxygens (including phenoxy) is 3. The summed E-state index contributed by atoms with van der Waals surface area (Å²) in [5.41, 5.74) is 0. The number of esters is 2. The molecule has 0 aromatic carbocycles. The minimum Gasteiger partial charge on any atom is -0.462 e. The Hall–Kier alpha value is -2.40. The normalized spacial score (nSPS) is 12.7. The van der Waals surface area contributed by atoms with E-state index in [1.54, 1.807) is 0 Å². The van der Waals surface area contributed by atoms with E-state index in [-0.39, 0.29) is 25.2 Å². The predicted octanol–water partition coefficient (Wildman–Crippen LogP) is 17.3. The van der Waals surface area contributed by atoms with E-state index in [9.17, 15) is 9.59 Å². The summed E-state index contributed by atoms with van der Waals surface area (Å²) in [6.45, 7) is 7.70. The van der Waals surface area contributed by atoms with E-state index in [0.717, 1.165) is 77.0 Å². The van der Waals surface area contributed by atoms with Gasteiger partial charge in [0.05, 0.1) is 6.61 Å². The highest BCUT2D eigenvalue weighted by atomic mass is 16.6. The summed E-state index contributed by atoms with van der Waals surface area (Å²) in [6.07, 6.45) is 63.6. The van der Waals surface area contributed by atoms with Gasteiger partial charge in [0.15, 0.2) is 6.10 Å². The van der Waals surface area contributed by atoms with Crippen molar-refractivity contribution in [2.24, 2.45) is 0 Å². The fraction of sp³-hybridized carbons (Fsp3) is 0.782. The van der Waals surface area contributed by atoms with Gasteiger partial charge in [-0.1, -0.05) is 197 Å². The second kappa shape index (κ2) is 51.0. The number of hydrogen-bond donors (Lipinski definition) is 0. The topological polar surface area (TPSA) is 61.8 Å². The van der Waals surface area contributed by atoms with Crippen molar-refractivity contribution >= 4 is 11.9 Å². The Morgan fingerprint density at radius 1 is 0.367 bits per heavy atom. The summed E-state index contributed by atoms with van der Waals surface area (Å²) in [6, 6.07) is 0. The Bertz CT molecular complexity index is 1040. The van der Waals surface area contributed by atoms with E-state index < -0.39 is 6.10 Å². The summed E-state index contributed by atoms with van der Waals surface area (Å²) in [4.78, 5) is 25.4. The summed E-state index contributed by atoms with van der Waals surface area (Å²) in [5.74, 6) is -0.425. The molecule has 0 aromatic heterocycles. The molecule has 0 saturated carbocycles. The number of rotatable bonds is 47. The molecule has 0 rings (SSSR count). The van der Waals surface area contributed by atoms with Crippen LogP contribution in [0.1, 0.15) is 252 Å². The molecule has 0 bridgehead atoms. The molecule has 1 atom stereocenters. The van der Waals surface area contributed by atoms with E-state index in [1.165, 1.54) is 141 Å². The smallest absolute Gasteiger partial charge is 0.306 e. The van der Waals surface area contributed by atoms with Crippen molar-refractivity contribution in [1.29, 1.82) is 0 Å². The highest BCUT2D eigenvalue weighted by Gasteiger charge is 2.17. The van der Waals surface area contributed by atoms with Crippen molar-refractivity contribution in [3.05, 3.63) is 60.8 Å². The lowest BCUT2D eigenvalue weighted by atomic mass is 10.1. The zero-order chi connectivity index (χ0) is 43.5. The lowest BCUT2D eigenvalue weighted by molar-refractivity contribution is -0.163. The minimum absolute atomic E-state index is 0.0707. The van der Waals surface area contributed by atoms with Crippen molar-refractivity contribution < 1.29 is 23.8 Å². The lowest BCUT2D eigenvalue weighted by Gasteiger charge is -2.18. The second-order valence-electron chi connectivity index (χ2n) is 17.1. The van der Waals surface area contributed by atoms with Crippen LogP contribution in [0.5, 0.6) is 0 Å². The van der Waals surface area contributed by atoms with Gasteiger partial charge in [-0.05, 0) is 103 Å². The fourth-order valence-electron chi connectivity index (χ4n) is 7.10. The SMILES string of the molecule is CCC/C=C\C/C=C\CCCCCCCC(=O)OC(COCCCCCCCC/C=C\C/C=C\CCCCC)COC(=O)CCCCCCC/C=C\CCCCCCCC. The molecule has 0 aliphatic rings. The van der Waals surface area contributed by atoms with E-state index in [4.69, 9.17) is 14.2 Å². The Kier molecular flexibility index (Phi) is 48.9. The van der Waals surface area contributed by atoms with Crippen molar-refractivity contribution in [2.45, 2.75) is 258 Å². The zero-order valence-electron chi connectivity index (χ0n) is 40.0. The molecule has 0 aromatic rings. The fourth-order valence-corrected chi connectivity index (χ4v) is 7.10. The van der Waals surface area contributed by atoms with Gasteiger partial charge in [0, 0.05) is 19.4 Å². The Labute approximate surface area is 373 Å². The van der Waals surface area contributed by atoms with Gasteiger partial charge in [-0.3, -0.25) is 9.59 Å². The first-order chi connectivity index (χ1) is 29.6. The number of carbonyl (C=O) groups is 2. The number of allylic oxidation sites excluding steroid dienone is 10. The van der Waals surface area contributed by atoms with Crippen LogP contribution in [0.25, 0.3) is 0 Å². The average molecular weight is 839 g/mol. The van der Waals surface area contributed by atoms with Crippen LogP contribution in [0, 0.1) is 0 Å². The summed E-state index contributed by atoms with van der Waals surface area (Å²) in [7, 11) is 0. The molecule has 0 heterocycles. The predicted molar refractivity (Wildman–Crippen MR) is 261 cm³/mol. The lowest BCUT2D eigenvalue weighted by Crippen LogP contribution is -2.30. The van der Waals surface area contributed by atoms with Gasteiger partial charge in [-0.25, -0.2) is 0 Å². The van der Waals surface area contributed by atoms with Crippen LogP contribution in [0.15, 0.2) is 60.8 Å². The average Bonchev–Trinajstić information content (AvgIpc) is 3.25. The maximum Gasteiger partial charge on any atom is 0.306 e. The van der Waals surface area contributed by atoms with Crippen LogP contribution in [-0.2, 0) is 23.8 Å². The van der Waals surface area contributed by atoms with E-state index >= 15 is 0 Å². The van der Waals surface area contributed by atoms with Gasteiger partial charge < -0.3 is 14.2 Å². The molecule has 0 aliphatic carbocycles. The Morgan fingerprint density at radius 2 is 0.733 bits per heavy atom. The zero-order valence-corrected chi connectivity index (χ0v) is 40.0. The highest BCUT2D eigenvalue weighted by Crippen LogP contribution is 2.13. The molecule has 0 fully saturated rings. The summed E-state index contributed by atoms with van der Waals surface area (Å²) < 4.78 is 17.4. The van der Waals surface area contributed by atoms with Gasteiger partial charge in [-0.15, -0.1) is 0 Å². The molecule has 0 spiro atoms. The largest absolute Gasteiger partial charge is 0.462 e. The third-order valence-electron chi connectivity index (χ3n) is 11.0. The van der Waals surface area contributed by atoms with Gasteiger partial charge >= 0.3 is 11.9 Å². The first-order valence-corrected chi connectivity index (χ1v) is 25.8. The molecule has 0 saturated heterocycles. The molecule has 1 unspecified atom stereocenters. The monoisotopic (exact) mass is 839 g/mol. The van der Waals surface area contributed by atoms with E-state index in [1.807, 2.05) is 0 Å². The van der Waals surface area contributed by atoms with Crippen LogP contribution in [0.2, 0.25) is 0 Å². The number of hydrogen-bond acceptors (Lipinski definition) is 5. The quantitative estimate of drug-likeness (QED) is 0.0347. The Balaban J connectivity index is 4.31. The van der Waals surface area contributed by atoms with Crippen LogP contribution in [0.3, 0.4) is 0 Å². The molecular formula is C55H98O5. The van der Waals surface area contributed by atoms with Gasteiger partial charge in [-0.2, -0.15) is 0 Å². The number of unbranched alkanes of at least 4 members (excludes halogenated alkanes) is 26. The second-order valence-corrected chi connectivity index (χ2v) is 17.1. The standard InChI is InChI=1S/C55H98O5/c1-4-7-10-13-16-19-22-25-27-29-32-35-38-41-44-47-50-58-51-53(60-55(57)49-46-43-40-37-34-30-24-21-18-15-12-9-6-3)52-59-54(56)48-45-42-39-36-33-31-28-26-23-20-17-14-11-8-5-2/h12,15-16,19,21,24-28,53H,4-11,13-14,17-18,20,22-23,29-52H2,1-3H3/b15-12-,19-16-,24-21-,27-25-,28-26-. The minimum atomic E-state index is -0.552. The molecule has 5 nitrogen and oxygen atoms in total. The van der Waals surface area contributed by atoms with Crippen LogP contribution in [0.4, 0.5) is 0 Å². The van der Waals surface area contributed by atoms with E-state index in [0.29, 0.717) is 19.4 Å². The van der Waals surface area contributed by atoms with Crippen LogP contribution < -0.4 is 0 Å². The van der Waals surface area contributed by atoms with Crippen LogP contribution >= 0.6 is 0 Å². The van der Waals surface area contributed by atoms with Crippen molar-refractivity contribution in [1.82, 2.24) is 0 Å². The third kappa shape index (κ3) is 48.3. The van der Waals surface area contributed by atoms with Gasteiger partial charge in [0.2, 0.25) is 0 Å². The molecule has 60 heavy (non-hydrogen) atoms. The molecule has 0 aliphatic heterocycles. The van der Waals surface area contributed by atoms with Crippen LogP contribution in [-0.4, -0.2) is 37.9 Å². The molecule has 0 amide bonds. The molecular weight excluding hydrogens is 741 g/mol.